The SMILES string of the molecule is CC(CNC1CC1)N(C)CC1CCC1. The first-order valence-electron chi connectivity index (χ1n) is 6.19. The fourth-order valence-electron chi connectivity index (χ4n) is 2.04. The molecule has 0 heterocycles. The second-order valence-corrected chi connectivity index (χ2v) is 5.27. The number of nitrogens with zero attached hydrogens (tertiary/aromatic N) is 1. The molecule has 2 nitrogen and oxygen atoms in total. The number of hydrogen-bond acceptors (Lipinski definition) is 2. The first-order valence-corrected chi connectivity index (χ1v) is 6.19. The lowest BCUT2D eigenvalue weighted by Crippen LogP contribution is -2.41. The molecule has 14 heavy (non-hydrogen) atoms. The van der Waals surface area contributed by atoms with Gasteiger partial charge in [0.15, 0.2) is 0 Å². The summed E-state index contributed by atoms with van der Waals surface area (Å²) in [5.41, 5.74) is 0. The minimum atomic E-state index is 0.705. The maximum atomic E-state index is 3.60. The third kappa shape index (κ3) is 2.96. The number of rotatable bonds is 6. The summed E-state index contributed by atoms with van der Waals surface area (Å²) in [6.45, 7) is 4.83. The third-order valence-electron chi connectivity index (χ3n) is 3.80. The zero-order valence-electron chi connectivity index (χ0n) is 9.63. The van der Waals surface area contributed by atoms with Gasteiger partial charge >= 0.3 is 0 Å². The van der Waals surface area contributed by atoms with Crippen molar-refractivity contribution in [1.29, 1.82) is 0 Å². The van der Waals surface area contributed by atoms with Crippen LogP contribution in [-0.2, 0) is 0 Å². The largest absolute Gasteiger partial charge is 0.312 e. The highest BCUT2D eigenvalue weighted by atomic mass is 15.2. The molecule has 2 saturated carbocycles. The molecule has 2 fully saturated rings. The van der Waals surface area contributed by atoms with Crippen molar-refractivity contribution in [2.24, 2.45) is 5.92 Å². The zero-order valence-corrected chi connectivity index (χ0v) is 9.63. The average molecular weight is 196 g/mol. The lowest BCUT2D eigenvalue weighted by molar-refractivity contribution is 0.167. The molecule has 0 bridgehead atoms. The van der Waals surface area contributed by atoms with Crippen molar-refractivity contribution in [1.82, 2.24) is 10.2 Å². The van der Waals surface area contributed by atoms with E-state index < -0.39 is 0 Å². The number of likely N-dealkylation sites (N-methyl/N-ethyl adjacent to an activating group) is 1. The zero-order chi connectivity index (χ0) is 9.97. The van der Waals surface area contributed by atoms with Crippen LogP contribution in [0.1, 0.15) is 39.0 Å². The molecule has 2 heteroatoms. The smallest absolute Gasteiger partial charge is 0.0189 e. The summed E-state index contributed by atoms with van der Waals surface area (Å²) in [5.74, 6) is 1.00. The van der Waals surface area contributed by atoms with Gasteiger partial charge < -0.3 is 10.2 Å². The molecule has 0 aliphatic heterocycles. The Balaban J connectivity index is 1.58. The molecule has 1 atom stereocenters. The summed E-state index contributed by atoms with van der Waals surface area (Å²) in [7, 11) is 2.28. The molecule has 2 aliphatic carbocycles. The number of hydrogen-bond donors (Lipinski definition) is 1. The Labute approximate surface area is 88.1 Å². The van der Waals surface area contributed by atoms with Crippen LogP contribution >= 0.6 is 0 Å². The van der Waals surface area contributed by atoms with Crippen molar-refractivity contribution in [3.8, 4) is 0 Å². The number of nitrogens with one attached hydrogen (secondary N) is 1. The highest BCUT2D eigenvalue weighted by Crippen LogP contribution is 2.27. The van der Waals surface area contributed by atoms with Gasteiger partial charge in [0.25, 0.3) is 0 Å². The van der Waals surface area contributed by atoms with Crippen LogP contribution in [0.4, 0.5) is 0 Å². The van der Waals surface area contributed by atoms with Crippen LogP contribution in [0, 0.1) is 5.92 Å². The predicted octanol–water partition coefficient (Wildman–Crippen LogP) is 1.86. The third-order valence-corrected chi connectivity index (χ3v) is 3.80. The van der Waals surface area contributed by atoms with Gasteiger partial charge in [0.1, 0.15) is 0 Å². The monoisotopic (exact) mass is 196 g/mol. The van der Waals surface area contributed by atoms with E-state index in [0.717, 1.165) is 12.0 Å². The summed E-state index contributed by atoms with van der Waals surface area (Å²) in [5, 5.41) is 3.60. The van der Waals surface area contributed by atoms with Crippen LogP contribution in [0.15, 0.2) is 0 Å². The van der Waals surface area contributed by atoms with Gasteiger partial charge in [-0.15, -0.1) is 0 Å². The van der Waals surface area contributed by atoms with E-state index in [9.17, 15) is 0 Å². The maximum absolute atomic E-state index is 3.60. The van der Waals surface area contributed by atoms with E-state index in [1.807, 2.05) is 0 Å². The van der Waals surface area contributed by atoms with E-state index >= 15 is 0 Å². The molecule has 0 amide bonds. The molecular formula is C12H24N2. The fraction of sp³-hybridized carbons (Fsp3) is 1.00. The van der Waals surface area contributed by atoms with Crippen LogP contribution in [0.3, 0.4) is 0 Å². The van der Waals surface area contributed by atoms with Crippen LogP contribution in [0.2, 0.25) is 0 Å². The van der Waals surface area contributed by atoms with Gasteiger partial charge in [0, 0.05) is 25.2 Å². The Morgan fingerprint density at radius 3 is 2.50 bits per heavy atom. The van der Waals surface area contributed by atoms with E-state index in [1.165, 1.54) is 45.2 Å². The summed E-state index contributed by atoms with van der Waals surface area (Å²) >= 11 is 0. The molecule has 1 N–H and O–H groups in total. The van der Waals surface area contributed by atoms with Crippen LogP contribution in [0.25, 0.3) is 0 Å². The molecule has 0 aromatic heterocycles. The van der Waals surface area contributed by atoms with Crippen molar-refractivity contribution >= 4 is 0 Å². The lowest BCUT2D eigenvalue weighted by Gasteiger charge is -2.33. The minimum absolute atomic E-state index is 0.705. The first-order chi connectivity index (χ1) is 6.75. The minimum Gasteiger partial charge on any atom is -0.312 e. The molecule has 0 aromatic rings. The van der Waals surface area contributed by atoms with Crippen molar-refractivity contribution in [3.63, 3.8) is 0 Å². The summed E-state index contributed by atoms with van der Waals surface area (Å²) in [6, 6.07) is 1.56. The second kappa shape index (κ2) is 4.63. The molecule has 2 rings (SSSR count). The van der Waals surface area contributed by atoms with Crippen LogP contribution in [0.5, 0.6) is 0 Å². The molecular weight excluding hydrogens is 172 g/mol. The molecule has 0 spiro atoms. The van der Waals surface area contributed by atoms with Crippen molar-refractivity contribution in [2.45, 2.75) is 51.1 Å². The summed E-state index contributed by atoms with van der Waals surface area (Å²) < 4.78 is 0. The standard InChI is InChI=1S/C12H24N2/c1-10(8-13-12-6-7-12)14(2)9-11-4-3-5-11/h10-13H,3-9H2,1-2H3. The van der Waals surface area contributed by atoms with E-state index in [2.05, 4.69) is 24.2 Å². The summed E-state index contributed by atoms with van der Waals surface area (Å²) in [4.78, 5) is 2.53. The van der Waals surface area contributed by atoms with Crippen molar-refractivity contribution in [2.75, 3.05) is 20.1 Å². The Morgan fingerprint density at radius 2 is 2.00 bits per heavy atom. The van der Waals surface area contributed by atoms with E-state index in [-0.39, 0.29) is 0 Å². The normalized spacial score (nSPS) is 25.1. The van der Waals surface area contributed by atoms with Gasteiger partial charge in [-0.2, -0.15) is 0 Å². The lowest BCUT2D eigenvalue weighted by atomic mass is 9.85. The molecule has 82 valence electrons. The Morgan fingerprint density at radius 1 is 1.29 bits per heavy atom. The molecule has 0 saturated heterocycles. The van der Waals surface area contributed by atoms with Crippen LogP contribution in [-0.4, -0.2) is 37.1 Å². The summed E-state index contributed by atoms with van der Waals surface area (Å²) in [6.07, 6.45) is 7.20. The van der Waals surface area contributed by atoms with E-state index in [0.29, 0.717) is 6.04 Å². The van der Waals surface area contributed by atoms with Gasteiger partial charge in [-0.25, -0.2) is 0 Å². The quantitative estimate of drug-likeness (QED) is 0.697. The Kier molecular flexibility index (Phi) is 3.45. The molecule has 0 radical (unpaired) electrons. The topological polar surface area (TPSA) is 15.3 Å². The average Bonchev–Trinajstić information content (AvgIpc) is 2.90. The highest BCUT2D eigenvalue weighted by molar-refractivity contribution is 4.83. The van der Waals surface area contributed by atoms with Gasteiger partial charge in [0.2, 0.25) is 0 Å². The van der Waals surface area contributed by atoms with Gasteiger partial charge in [-0.1, -0.05) is 6.42 Å². The molecule has 0 aromatic carbocycles. The maximum Gasteiger partial charge on any atom is 0.0189 e. The van der Waals surface area contributed by atoms with Gasteiger partial charge in [-0.05, 0) is 45.6 Å². The predicted molar refractivity (Wildman–Crippen MR) is 60.5 cm³/mol. The first kappa shape index (κ1) is 10.4. The van der Waals surface area contributed by atoms with Crippen molar-refractivity contribution < 1.29 is 0 Å². The van der Waals surface area contributed by atoms with E-state index in [1.54, 1.807) is 0 Å². The highest BCUT2D eigenvalue weighted by Gasteiger charge is 2.24. The Hall–Kier alpha value is -0.0800. The van der Waals surface area contributed by atoms with Crippen molar-refractivity contribution in [3.05, 3.63) is 0 Å². The van der Waals surface area contributed by atoms with E-state index in [4.69, 9.17) is 0 Å². The second-order valence-electron chi connectivity index (χ2n) is 5.27. The fourth-order valence-corrected chi connectivity index (χ4v) is 2.04. The van der Waals surface area contributed by atoms with Crippen LogP contribution < -0.4 is 5.32 Å². The van der Waals surface area contributed by atoms with Gasteiger partial charge in [-0.3, -0.25) is 0 Å². The Bertz CT molecular complexity index is 173. The molecule has 2 aliphatic rings. The molecule has 1 unspecified atom stereocenters. The van der Waals surface area contributed by atoms with Gasteiger partial charge in [0.05, 0.1) is 0 Å².